The quantitative estimate of drug-likeness (QED) is 0.545. The number of carbonyl (C=O) groups is 1. The van der Waals surface area contributed by atoms with Crippen LogP contribution in [0.1, 0.15) is 15.9 Å². The molecule has 0 aromatic heterocycles. The van der Waals surface area contributed by atoms with Crippen LogP contribution in [0.2, 0.25) is 5.02 Å². The van der Waals surface area contributed by atoms with Gasteiger partial charge in [-0.3, -0.25) is 4.84 Å². The highest BCUT2D eigenvalue weighted by Crippen LogP contribution is 2.26. The van der Waals surface area contributed by atoms with Crippen LogP contribution in [0, 0.1) is 11.6 Å². The van der Waals surface area contributed by atoms with E-state index in [0.29, 0.717) is 4.47 Å². The molecule has 140 valence electrons. The molecule has 0 amide bonds. The largest absolute Gasteiger partial charge is 0.457 e. The van der Waals surface area contributed by atoms with Crippen LogP contribution in [0.15, 0.2) is 41.3 Å². The van der Waals surface area contributed by atoms with Crippen molar-refractivity contribution in [2.45, 2.75) is 11.5 Å². The summed E-state index contributed by atoms with van der Waals surface area (Å²) in [5, 5.41) is -0.123. The maximum Gasteiger partial charge on any atom is 0.338 e. The van der Waals surface area contributed by atoms with E-state index >= 15 is 0 Å². The lowest BCUT2D eigenvalue weighted by atomic mass is 10.2. The summed E-state index contributed by atoms with van der Waals surface area (Å²) in [5.74, 6) is -3.12. The molecular weight excluding hydrogens is 392 g/mol. The molecule has 2 aromatic rings. The number of hydroxylamine groups is 1. The van der Waals surface area contributed by atoms with Crippen LogP contribution in [-0.4, -0.2) is 33.0 Å². The zero-order chi connectivity index (χ0) is 19.5. The average Bonchev–Trinajstić information content (AvgIpc) is 2.62. The number of halogens is 3. The smallest absolute Gasteiger partial charge is 0.338 e. The Morgan fingerprint density at radius 2 is 1.92 bits per heavy atom. The second kappa shape index (κ2) is 8.09. The Kier molecular flexibility index (Phi) is 6.30. The number of ether oxygens (including phenoxy) is 1. The van der Waals surface area contributed by atoms with Crippen LogP contribution in [0.4, 0.5) is 8.78 Å². The van der Waals surface area contributed by atoms with Crippen molar-refractivity contribution in [3.63, 3.8) is 0 Å². The fraction of sp³-hybridized carbons (Fsp3) is 0.188. The standard InChI is InChI=1S/C16H14ClF2NO5S/c1-20(24-2)26(22,23)14-8-10(6-7-12(14)17)16(21)25-9-11-4-3-5-13(18)15(11)19/h3-8H,9H2,1-2H3. The Labute approximate surface area is 153 Å². The normalized spacial score (nSPS) is 11.6. The molecule has 26 heavy (non-hydrogen) atoms. The minimum atomic E-state index is -4.09. The zero-order valence-electron chi connectivity index (χ0n) is 13.7. The van der Waals surface area contributed by atoms with Gasteiger partial charge in [0, 0.05) is 12.6 Å². The monoisotopic (exact) mass is 405 g/mol. The third kappa shape index (κ3) is 4.18. The van der Waals surface area contributed by atoms with Crippen molar-refractivity contribution < 1.29 is 31.6 Å². The molecule has 0 radical (unpaired) electrons. The Bertz CT molecular complexity index is 936. The third-order valence-electron chi connectivity index (χ3n) is 3.43. The number of hydrogen-bond acceptors (Lipinski definition) is 5. The van der Waals surface area contributed by atoms with Crippen molar-refractivity contribution in [1.29, 1.82) is 0 Å². The van der Waals surface area contributed by atoms with Crippen LogP contribution in [0.3, 0.4) is 0 Å². The van der Waals surface area contributed by atoms with Crippen LogP contribution in [0.25, 0.3) is 0 Å². The van der Waals surface area contributed by atoms with E-state index in [9.17, 15) is 22.0 Å². The van der Waals surface area contributed by atoms with E-state index in [1.54, 1.807) is 0 Å². The maximum atomic E-state index is 13.6. The van der Waals surface area contributed by atoms with Gasteiger partial charge in [0.15, 0.2) is 11.6 Å². The zero-order valence-corrected chi connectivity index (χ0v) is 15.3. The van der Waals surface area contributed by atoms with Crippen LogP contribution in [0.5, 0.6) is 0 Å². The SMILES string of the molecule is CON(C)S(=O)(=O)c1cc(C(=O)OCc2cccc(F)c2F)ccc1Cl. The first-order chi connectivity index (χ1) is 12.2. The molecule has 0 bridgehead atoms. The van der Waals surface area contributed by atoms with Gasteiger partial charge in [0.1, 0.15) is 11.5 Å². The highest BCUT2D eigenvalue weighted by atomic mass is 35.5. The number of rotatable bonds is 6. The molecule has 0 heterocycles. The molecule has 2 rings (SSSR count). The molecule has 0 aliphatic carbocycles. The number of carbonyl (C=O) groups excluding carboxylic acids is 1. The third-order valence-corrected chi connectivity index (χ3v) is 5.59. The van der Waals surface area contributed by atoms with Crippen LogP contribution < -0.4 is 0 Å². The summed E-state index contributed by atoms with van der Waals surface area (Å²) in [7, 11) is -1.79. The summed E-state index contributed by atoms with van der Waals surface area (Å²) >= 11 is 5.89. The van der Waals surface area contributed by atoms with E-state index in [4.69, 9.17) is 16.3 Å². The Balaban J connectivity index is 2.25. The molecule has 0 spiro atoms. The fourth-order valence-corrected chi connectivity index (χ4v) is 3.42. The molecule has 2 aromatic carbocycles. The van der Waals surface area contributed by atoms with Gasteiger partial charge < -0.3 is 4.74 Å². The summed E-state index contributed by atoms with van der Waals surface area (Å²) in [6, 6.07) is 6.93. The minimum Gasteiger partial charge on any atom is -0.457 e. The Hall–Kier alpha value is -2.07. The van der Waals surface area contributed by atoms with Gasteiger partial charge >= 0.3 is 5.97 Å². The van der Waals surface area contributed by atoms with E-state index in [-0.39, 0.29) is 21.0 Å². The number of hydrogen-bond donors (Lipinski definition) is 0. The summed E-state index contributed by atoms with van der Waals surface area (Å²) in [6.07, 6.45) is 0. The minimum absolute atomic E-state index is 0.123. The Morgan fingerprint density at radius 3 is 2.58 bits per heavy atom. The summed E-state index contributed by atoms with van der Waals surface area (Å²) in [5.41, 5.74) is -0.284. The van der Waals surface area contributed by atoms with Gasteiger partial charge in [0.05, 0.1) is 17.7 Å². The number of esters is 1. The van der Waals surface area contributed by atoms with E-state index < -0.39 is 34.2 Å². The first-order valence-corrected chi connectivity index (χ1v) is 8.93. The molecule has 10 heteroatoms. The van der Waals surface area contributed by atoms with Gasteiger partial charge in [-0.1, -0.05) is 28.2 Å². The summed E-state index contributed by atoms with van der Waals surface area (Å²) in [4.78, 5) is 16.4. The van der Waals surface area contributed by atoms with Crippen molar-refractivity contribution in [3.05, 3.63) is 64.2 Å². The van der Waals surface area contributed by atoms with E-state index in [2.05, 4.69) is 4.84 Å². The molecule has 0 N–H and O–H groups in total. The molecule has 0 aliphatic heterocycles. The van der Waals surface area contributed by atoms with Gasteiger partial charge in [-0.15, -0.1) is 0 Å². The van der Waals surface area contributed by atoms with Gasteiger partial charge in [-0.2, -0.15) is 0 Å². The average molecular weight is 406 g/mol. The number of nitrogens with zero attached hydrogens (tertiary/aromatic N) is 1. The van der Waals surface area contributed by atoms with Gasteiger partial charge in [-0.25, -0.2) is 22.0 Å². The predicted octanol–water partition coefficient (Wildman–Crippen LogP) is 3.16. The molecule has 0 aliphatic rings. The second-order valence-corrected chi connectivity index (χ2v) is 7.34. The van der Waals surface area contributed by atoms with Gasteiger partial charge in [-0.05, 0) is 24.3 Å². The highest BCUT2D eigenvalue weighted by molar-refractivity contribution is 7.89. The Morgan fingerprint density at radius 1 is 1.23 bits per heavy atom. The van der Waals surface area contributed by atoms with Crippen molar-refractivity contribution in [3.8, 4) is 0 Å². The topological polar surface area (TPSA) is 72.9 Å². The first kappa shape index (κ1) is 20.2. The van der Waals surface area contributed by atoms with E-state index in [0.717, 1.165) is 26.3 Å². The second-order valence-electron chi connectivity index (χ2n) is 5.03. The molecule has 0 saturated carbocycles. The number of sulfonamides is 1. The predicted molar refractivity (Wildman–Crippen MR) is 88.9 cm³/mol. The molecule has 0 saturated heterocycles. The summed E-state index contributed by atoms with van der Waals surface area (Å²) in [6.45, 7) is -0.523. The van der Waals surface area contributed by atoms with Crippen LogP contribution in [-0.2, 0) is 26.2 Å². The maximum absolute atomic E-state index is 13.6. The lowest BCUT2D eigenvalue weighted by Crippen LogP contribution is -2.26. The van der Waals surface area contributed by atoms with Crippen molar-refractivity contribution in [2.75, 3.05) is 14.2 Å². The van der Waals surface area contributed by atoms with Crippen LogP contribution >= 0.6 is 11.6 Å². The van der Waals surface area contributed by atoms with E-state index in [1.165, 1.54) is 24.3 Å². The van der Waals surface area contributed by atoms with E-state index in [1.807, 2.05) is 0 Å². The first-order valence-electron chi connectivity index (χ1n) is 7.11. The number of benzene rings is 2. The summed E-state index contributed by atoms with van der Waals surface area (Å²) < 4.78 is 56.8. The molecule has 0 fully saturated rings. The van der Waals surface area contributed by atoms with Crippen molar-refractivity contribution >= 4 is 27.6 Å². The van der Waals surface area contributed by atoms with Crippen molar-refractivity contribution in [2.24, 2.45) is 0 Å². The molecule has 6 nitrogen and oxygen atoms in total. The van der Waals surface area contributed by atoms with Gasteiger partial charge in [0.2, 0.25) is 0 Å². The lowest BCUT2D eigenvalue weighted by molar-refractivity contribution is -0.0258. The van der Waals surface area contributed by atoms with Gasteiger partial charge in [0.25, 0.3) is 10.0 Å². The molecular formula is C16H14ClF2NO5S. The lowest BCUT2D eigenvalue weighted by Gasteiger charge is -2.15. The highest BCUT2D eigenvalue weighted by Gasteiger charge is 2.25. The molecule has 0 unspecified atom stereocenters. The molecule has 0 atom stereocenters. The fourth-order valence-electron chi connectivity index (χ4n) is 1.95. The van der Waals surface area contributed by atoms with Crippen molar-refractivity contribution in [1.82, 2.24) is 4.47 Å².